The predicted octanol–water partition coefficient (Wildman–Crippen LogP) is 3.38. The molecule has 0 aliphatic heterocycles. The minimum atomic E-state index is 0.596. The maximum atomic E-state index is 3.42. The Bertz CT molecular complexity index is 367. The van der Waals surface area contributed by atoms with Crippen molar-refractivity contribution in [1.29, 1.82) is 0 Å². The highest BCUT2D eigenvalue weighted by Gasteiger charge is 2.21. The molecule has 2 nitrogen and oxygen atoms in total. The molecule has 106 valence electrons. The molecule has 0 aromatic heterocycles. The van der Waals surface area contributed by atoms with Crippen LogP contribution in [0.4, 0.5) is 0 Å². The standard InChI is InChI=1S/C17H28N2/c1-4-18-12-14(2)16-10-8-15(9-11-16)13-19(3)17-6-5-7-17/h8-11,14,17-18H,4-7,12-13H2,1-3H3. The smallest absolute Gasteiger partial charge is 0.0233 e. The van der Waals surface area contributed by atoms with Gasteiger partial charge in [-0.05, 0) is 43.5 Å². The van der Waals surface area contributed by atoms with Gasteiger partial charge in [0.05, 0.1) is 0 Å². The van der Waals surface area contributed by atoms with Crippen LogP contribution in [0.3, 0.4) is 0 Å². The molecule has 0 heterocycles. The van der Waals surface area contributed by atoms with Crippen molar-refractivity contribution >= 4 is 0 Å². The van der Waals surface area contributed by atoms with Crippen molar-refractivity contribution < 1.29 is 0 Å². The Kier molecular flexibility index (Phi) is 5.41. The minimum absolute atomic E-state index is 0.596. The van der Waals surface area contributed by atoms with Crippen molar-refractivity contribution in [3.05, 3.63) is 35.4 Å². The zero-order valence-electron chi connectivity index (χ0n) is 12.7. The molecule has 1 N–H and O–H groups in total. The molecule has 2 heteroatoms. The first-order chi connectivity index (χ1) is 9.20. The highest BCUT2D eigenvalue weighted by Crippen LogP contribution is 2.25. The summed E-state index contributed by atoms with van der Waals surface area (Å²) in [7, 11) is 2.26. The Balaban J connectivity index is 1.86. The van der Waals surface area contributed by atoms with Crippen molar-refractivity contribution in [2.45, 2.75) is 51.6 Å². The van der Waals surface area contributed by atoms with Crippen molar-refractivity contribution in [1.82, 2.24) is 10.2 Å². The third kappa shape index (κ3) is 4.05. The molecule has 0 radical (unpaired) electrons. The fraction of sp³-hybridized carbons (Fsp3) is 0.647. The Morgan fingerprint density at radius 2 is 1.95 bits per heavy atom. The summed E-state index contributed by atoms with van der Waals surface area (Å²) in [5.74, 6) is 0.596. The summed E-state index contributed by atoms with van der Waals surface area (Å²) in [5, 5.41) is 3.42. The van der Waals surface area contributed by atoms with E-state index >= 15 is 0 Å². The Hall–Kier alpha value is -0.860. The van der Waals surface area contributed by atoms with Gasteiger partial charge in [0.1, 0.15) is 0 Å². The number of benzene rings is 1. The van der Waals surface area contributed by atoms with E-state index in [1.165, 1.54) is 30.4 Å². The van der Waals surface area contributed by atoms with Gasteiger partial charge in [0.15, 0.2) is 0 Å². The molecular formula is C17H28N2. The molecule has 0 bridgehead atoms. The van der Waals surface area contributed by atoms with Crippen molar-refractivity contribution in [3.63, 3.8) is 0 Å². The van der Waals surface area contributed by atoms with Gasteiger partial charge in [-0.15, -0.1) is 0 Å². The van der Waals surface area contributed by atoms with Gasteiger partial charge in [0, 0.05) is 19.1 Å². The van der Waals surface area contributed by atoms with Crippen LogP contribution in [0.5, 0.6) is 0 Å². The molecule has 1 aliphatic rings. The number of hydrogen-bond donors (Lipinski definition) is 1. The summed E-state index contributed by atoms with van der Waals surface area (Å²) >= 11 is 0. The number of likely N-dealkylation sites (N-methyl/N-ethyl adjacent to an activating group) is 1. The molecule has 0 saturated heterocycles. The lowest BCUT2D eigenvalue weighted by Gasteiger charge is -2.34. The van der Waals surface area contributed by atoms with E-state index in [0.29, 0.717) is 5.92 Å². The number of nitrogens with zero attached hydrogens (tertiary/aromatic N) is 1. The minimum Gasteiger partial charge on any atom is -0.316 e. The summed E-state index contributed by atoms with van der Waals surface area (Å²) in [5.41, 5.74) is 2.88. The van der Waals surface area contributed by atoms with Crippen LogP contribution < -0.4 is 5.32 Å². The van der Waals surface area contributed by atoms with E-state index in [0.717, 1.165) is 25.7 Å². The maximum Gasteiger partial charge on any atom is 0.0233 e. The van der Waals surface area contributed by atoms with Crippen molar-refractivity contribution in [2.75, 3.05) is 20.1 Å². The van der Waals surface area contributed by atoms with E-state index < -0.39 is 0 Å². The summed E-state index contributed by atoms with van der Waals surface area (Å²) in [6.07, 6.45) is 4.18. The average molecular weight is 260 g/mol. The molecule has 1 aromatic carbocycles. The first-order valence-corrected chi connectivity index (χ1v) is 7.70. The highest BCUT2D eigenvalue weighted by atomic mass is 15.1. The van der Waals surface area contributed by atoms with Gasteiger partial charge >= 0.3 is 0 Å². The fourth-order valence-corrected chi connectivity index (χ4v) is 2.67. The Morgan fingerprint density at radius 1 is 1.26 bits per heavy atom. The SMILES string of the molecule is CCNCC(C)c1ccc(CN(C)C2CCC2)cc1. The largest absolute Gasteiger partial charge is 0.316 e. The molecule has 1 fully saturated rings. The molecular weight excluding hydrogens is 232 g/mol. The average Bonchev–Trinajstić information content (AvgIpc) is 2.34. The second-order valence-corrected chi connectivity index (χ2v) is 5.95. The molecule has 0 spiro atoms. The van der Waals surface area contributed by atoms with E-state index in [2.05, 4.69) is 55.4 Å². The van der Waals surface area contributed by atoms with Crippen LogP contribution in [0.15, 0.2) is 24.3 Å². The Morgan fingerprint density at radius 3 is 2.47 bits per heavy atom. The van der Waals surface area contributed by atoms with Gasteiger partial charge in [-0.3, -0.25) is 4.90 Å². The van der Waals surface area contributed by atoms with Crippen LogP contribution in [0.25, 0.3) is 0 Å². The first kappa shape index (κ1) is 14.5. The van der Waals surface area contributed by atoms with Crippen LogP contribution in [-0.2, 0) is 6.54 Å². The van der Waals surface area contributed by atoms with Crippen LogP contribution >= 0.6 is 0 Å². The van der Waals surface area contributed by atoms with E-state index in [1.54, 1.807) is 0 Å². The van der Waals surface area contributed by atoms with Gasteiger partial charge in [-0.1, -0.05) is 44.5 Å². The predicted molar refractivity (Wildman–Crippen MR) is 82.5 cm³/mol. The second-order valence-electron chi connectivity index (χ2n) is 5.95. The summed E-state index contributed by atoms with van der Waals surface area (Å²) < 4.78 is 0. The second kappa shape index (κ2) is 7.06. The first-order valence-electron chi connectivity index (χ1n) is 7.70. The van der Waals surface area contributed by atoms with Crippen LogP contribution in [-0.4, -0.2) is 31.1 Å². The molecule has 19 heavy (non-hydrogen) atoms. The number of hydrogen-bond acceptors (Lipinski definition) is 2. The summed E-state index contributed by atoms with van der Waals surface area (Å²) in [6.45, 7) is 7.66. The third-order valence-corrected chi connectivity index (χ3v) is 4.38. The fourth-order valence-electron chi connectivity index (χ4n) is 2.67. The lowest BCUT2D eigenvalue weighted by atomic mass is 9.91. The molecule has 1 aliphatic carbocycles. The zero-order chi connectivity index (χ0) is 13.7. The summed E-state index contributed by atoms with van der Waals surface area (Å²) in [6, 6.07) is 10.0. The molecule has 1 aromatic rings. The molecule has 1 unspecified atom stereocenters. The maximum absolute atomic E-state index is 3.42. The van der Waals surface area contributed by atoms with Crippen LogP contribution in [0.2, 0.25) is 0 Å². The monoisotopic (exact) mass is 260 g/mol. The van der Waals surface area contributed by atoms with E-state index in [4.69, 9.17) is 0 Å². The zero-order valence-corrected chi connectivity index (χ0v) is 12.7. The number of rotatable bonds is 7. The van der Waals surface area contributed by atoms with Gasteiger partial charge in [0.25, 0.3) is 0 Å². The van der Waals surface area contributed by atoms with Crippen LogP contribution in [0.1, 0.15) is 50.2 Å². The topological polar surface area (TPSA) is 15.3 Å². The molecule has 1 atom stereocenters. The Labute approximate surface area is 118 Å². The summed E-state index contributed by atoms with van der Waals surface area (Å²) in [4.78, 5) is 2.50. The van der Waals surface area contributed by atoms with Gasteiger partial charge in [0.2, 0.25) is 0 Å². The lowest BCUT2D eigenvalue weighted by molar-refractivity contribution is 0.152. The van der Waals surface area contributed by atoms with Gasteiger partial charge in [-0.25, -0.2) is 0 Å². The molecule has 0 amide bonds. The van der Waals surface area contributed by atoms with Crippen molar-refractivity contribution in [2.24, 2.45) is 0 Å². The van der Waals surface area contributed by atoms with E-state index in [9.17, 15) is 0 Å². The molecule has 1 saturated carbocycles. The lowest BCUT2D eigenvalue weighted by Crippen LogP contribution is -2.36. The van der Waals surface area contributed by atoms with Gasteiger partial charge < -0.3 is 5.32 Å². The van der Waals surface area contributed by atoms with Gasteiger partial charge in [-0.2, -0.15) is 0 Å². The highest BCUT2D eigenvalue weighted by molar-refractivity contribution is 5.25. The quantitative estimate of drug-likeness (QED) is 0.808. The molecule has 2 rings (SSSR count). The van der Waals surface area contributed by atoms with Crippen LogP contribution in [0, 0.1) is 0 Å². The van der Waals surface area contributed by atoms with E-state index in [1.807, 2.05) is 0 Å². The normalized spacial score (nSPS) is 17.5. The van der Waals surface area contributed by atoms with E-state index in [-0.39, 0.29) is 0 Å². The third-order valence-electron chi connectivity index (χ3n) is 4.38. The van der Waals surface area contributed by atoms with Crippen molar-refractivity contribution in [3.8, 4) is 0 Å². The number of nitrogens with one attached hydrogen (secondary N) is 1.